The van der Waals surface area contributed by atoms with Crippen LogP contribution in [-0.2, 0) is 14.6 Å². The van der Waals surface area contributed by atoms with E-state index in [2.05, 4.69) is 5.10 Å². The summed E-state index contributed by atoms with van der Waals surface area (Å²) in [5.74, 6) is -0.623. The second-order valence-corrected chi connectivity index (χ2v) is 6.38. The summed E-state index contributed by atoms with van der Waals surface area (Å²) in [6.07, 6.45) is 0.380. The van der Waals surface area contributed by atoms with Crippen LogP contribution in [0, 0.1) is 0 Å². The van der Waals surface area contributed by atoms with E-state index in [-0.39, 0.29) is 23.8 Å². The van der Waals surface area contributed by atoms with Crippen LogP contribution in [0.3, 0.4) is 0 Å². The molecule has 1 N–H and O–H groups in total. The molecule has 1 fully saturated rings. The fourth-order valence-corrected chi connectivity index (χ4v) is 3.67. The molecule has 0 saturated carbocycles. The predicted molar refractivity (Wildman–Crippen MR) is 63.3 cm³/mol. The van der Waals surface area contributed by atoms with Crippen LogP contribution in [-0.4, -0.2) is 42.3 Å². The van der Waals surface area contributed by atoms with Gasteiger partial charge in [-0.2, -0.15) is 0 Å². The molecule has 0 aromatic carbocycles. The number of hydrogen-bond donors (Lipinski definition) is 1. The first kappa shape index (κ1) is 12.9. The Hall–Kier alpha value is -1.57. The lowest BCUT2D eigenvalue weighted by molar-refractivity contribution is 0.0518. The molecule has 1 aromatic rings. The van der Waals surface area contributed by atoms with Gasteiger partial charge in [0.25, 0.3) is 5.56 Å². The summed E-state index contributed by atoms with van der Waals surface area (Å²) in [5.41, 5.74) is -0.369. The van der Waals surface area contributed by atoms with Crippen molar-refractivity contribution < 1.29 is 17.9 Å². The highest BCUT2D eigenvalue weighted by Crippen LogP contribution is 2.21. The first-order chi connectivity index (χ1) is 8.43. The molecule has 7 nitrogen and oxygen atoms in total. The van der Waals surface area contributed by atoms with E-state index in [1.807, 2.05) is 0 Å². The first-order valence-corrected chi connectivity index (χ1v) is 7.44. The molecular formula is C10H14N2O5S. The molecule has 2 heterocycles. The van der Waals surface area contributed by atoms with Crippen molar-refractivity contribution >= 4 is 15.8 Å². The van der Waals surface area contributed by atoms with E-state index in [0.29, 0.717) is 6.42 Å². The maximum atomic E-state index is 11.7. The van der Waals surface area contributed by atoms with Crippen LogP contribution in [0.25, 0.3) is 0 Å². The van der Waals surface area contributed by atoms with Gasteiger partial charge in [0, 0.05) is 6.07 Å². The third-order valence-corrected chi connectivity index (χ3v) is 4.57. The summed E-state index contributed by atoms with van der Waals surface area (Å²) in [7, 11) is -3.08. The maximum Gasteiger partial charge on any atom is 0.356 e. The zero-order valence-corrected chi connectivity index (χ0v) is 10.7. The third kappa shape index (κ3) is 2.47. The lowest BCUT2D eigenvalue weighted by Gasteiger charge is -2.08. The molecule has 8 heteroatoms. The molecule has 0 bridgehead atoms. The van der Waals surface area contributed by atoms with Crippen molar-refractivity contribution in [1.29, 1.82) is 0 Å². The van der Waals surface area contributed by atoms with E-state index < -0.39 is 27.4 Å². The van der Waals surface area contributed by atoms with E-state index >= 15 is 0 Å². The van der Waals surface area contributed by atoms with Crippen molar-refractivity contribution in [3.63, 3.8) is 0 Å². The van der Waals surface area contributed by atoms with E-state index in [1.165, 1.54) is 4.68 Å². The zero-order valence-electron chi connectivity index (χ0n) is 9.88. The Bertz CT molecular complexity index is 612. The van der Waals surface area contributed by atoms with Crippen molar-refractivity contribution in [2.24, 2.45) is 0 Å². The molecule has 0 amide bonds. The maximum absolute atomic E-state index is 11.7. The van der Waals surface area contributed by atoms with Gasteiger partial charge >= 0.3 is 5.97 Å². The normalized spacial score (nSPS) is 21.9. The minimum absolute atomic E-state index is 0.0474. The Morgan fingerprint density at radius 1 is 1.61 bits per heavy atom. The van der Waals surface area contributed by atoms with Crippen LogP contribution < -0.4 is 5.56 Å². The Morgan fingerprint density at radius 3 is 2.89 bits per heavy atom. The number of sulfone groups is 1. The highest BCUT2D eigenvalue weighted by atomic mass is 32.2. The van der Waals surface area contributed by atoms with E-state index in [0.717, 1.165) is 6.07 Å². The van der Waals surface area contributed by atoms with Gasteiger partial charge in [-0.1, -0.05) is 0 Å². The quantitative estimate of drug-likeness (QED) is 0.764. The number of H-pyrrole nitrogens is 1. The van der Waals surface area contributed by atoms with Gasteiger partial charge < -0.3 is 4.74 Å². The van der Waals surface area contributed by atoms with Crippen LogP contribution in [0.15, 0.2) is 10.9 Å². The third-order valence-electron chi connectivity index (χ3n) is 2.82. The molecule has 0 aliphatic carbocycles. The van der Waals surface area contributed by atoms with Crippen molar-refractivity contribution in [2.45, 2.75) is 19.4 Å². The number of aromatic amines is 1. The van der Waals surface area contributed by atoms with Gasteiger partial charge in [0.15, 0.2) is 9.84 Å². The van der Waals surface area contributed by atoms with Gasteiger partial charge in [0.05, 0.1) is 24.2 Å². The smallest absolute Gasteiger partial charge is 0.356 e. The molecular weight excluding hydrogens is 260 g/mol. The standard InChI is InChI=1S/C10H14N2O5S/c1-2-17-10(14)8-5-9(13)12(11-8)7-3-4-18(15,16)6-7/h5,7,11H,2-4,6H2,1H3/t7-/m0/s1. The number of nitrogens with one attached hydrogen (secondary N) is 1. The Labute approximate surface area is 104 Å². The molecule has 1 saturated heterocycles. The minimum Gasteiger partial charge on any atom is -0.461 e. The lowest BCUT2D eigenvalue weighted by Crippen LogP contribution is -2.23. The summed E-state index contributed by atoms with van der Waals surface area (Å²) in [6.45, 7) is 1.88. The second-order valence-electron chi connectivity index (χ2n) is 4.16. The molecule has 1 aliphatic rings. The molecule has 18 heavy (non-hydrogen) atoms. The number of rotatable bonds is 3. The summed E-state index contributed by atoms with van der Waals surface area (Å²) in [6, 6.07) is 0.703. The van der Waals surface area contributed by atoms with Crippen LogP contribution in [0.1, 0.15) is 29.9 Å². The Balaban J connectivity index is 2.26. The number of carbonyl (C=O) groups is 1. The minimum atomic E-state index is -3.08. The predicted octanol–water partition coefficient (Wildman–Crippen LogP) is -0.287. The molecule has 1 atom stereocenters. The largest absolute Gasteiger partial charge is 0.461 e. The Morgan fingerprint density at radius 2 is 2.33 bits per heavy atom. The van der Waals surface area contributed by atoms with Gasteiger partial charge in [-0.05, 0) is 13.3 Å². The number of aromatic nitrogens is 2. The molecule has 1 aromatic heterocycles. The van der Waals surface area contributed by atoms with E-state index in [9.17, 15) is 18.0 Å². The molecule has 1 aliphatic heterocycles. The van der Waals surface area contributed by atoms with Gasteiger partial charge in [-0.3, -0.25) is 9.89 Å². The van der Waals surface area contributed by atoms with E-state index in [1.54, 1.807) is 6.92 Å². The van der Waals surface area contributed by atoms with Crippen molar-refractivity contribution in [1.82, 2.24) is 9.78 Å². The number of carbonyl (C=O) groups excluding carboxylic acids is 1. The van der Waals surface area contributed by atoms with Crippen LogP contribution >= 0.6 is 0 Å². The van der Waals surface area contributed by atoms with Gasteiger partial charge in [0.2, 0.25) is 0 Å². The molecule has 100 valence electrons. The zero-order chi connectivity index (χ0) is 13.3. The summed E-state index contributed by atoms with van der Waals surface area (Å²) < 4.78 is 28.6. The monoisotopic (exact) mass is 274 g/mol. The average molecular weight is 274 g/mol. The number of ether oxygens (including phenoxy) is 1. The van der Waals surface area contributed by atoms with Crippen molar-refractivity contribution in [3.05, 3.63) is 22.1 Å². The molecule has 2 rings (SSSR count). The SMILES string of the molecule is CCOC(=O)c1cc(=O)n([C@H]2CCS(=O)(=O)C2)[nH]1. The van der Waals surface area contributed by atoms with Gasteiger partial charge in [-0.15, -0.1) is 0 Å². The van der Waals surface area contributed by atoms with Crippen molar-refractivity contribution in [3.8, 4) is 0 Å². The summed E-state index contributed by atoms with van der Waals surface area (Å²) in [5, 5.41) is 2.61. The summed E-state index contributed by atoms with van der Waals surface area (Å²) >= 11 is 0. The van der Waals surface area contributed by atoms with Gasteiger partial charge in [-0.25, -0.2) is 17.9 Å². The topological polar surface area (TPSA) is 98.2 Å². The molecule has 0 radical (unpaired) electrons. The van der Waals surface area contributed by atoms with Crippen molar-refractivity contribution in [2.75, 3.05) is 18.1 Å². The number of nitrogens with zero attached hydrogens (tertiary/aromatic N) is 1. The fourth-order valence-electron chi connectivity index (χ4n) is 1.97. The molecule has 0 spiro atoms. The summed E-state index contributed by atoms with van der Waals surface area (Å²) in [4.78, 5) is 23.1. The average Bonchev–Trinajstić information content (AvgIpc) is 2.82. The number of hydrogen-bond acceptors (Lipinski definition) is 5. The second kappa shape index (κ2) is 4.60. The lowest BCUT2D eigenvalue weighted by atomic mass is 10.3. The van der Waals surface area contributed by atoms with Crippen LogP contribution in [0.2, 0.25) is 0 Å². The number of esters is 1. The highest BCUT2D eigenvalue weighted by molar-refractivity contribution is 7.91. The Kier molecular flexibility index (Phi) is 3.29. The van der Waals surface area contributed by atoms with Gasteiger partial charge in [0.1, 0.15) is 5.69 Å². The highest BCUT2D eigenvalue weighted by Gasteiger charge is 2.31. The van der Waals surface area contributed by atoms with Crippen LogP contribution in [0.4, 0.5) is 0 Å². The van der Waals surface area contributed by atoms with E-state index in [4.69, 9.17) is 4.74 Å². The van der Waals surface area contributed by atoms with Crippen LogP contribution in [0.5, 0.6) is 0 Å². The molecule has 0 unspecified atom stereocenters. The fraction of sp³-hybridized carbons (Fsp3) is 0.600. The first-order valence-electron chi connectivity index (χ1n) is 5.62.